The third-order valence-electron chi connectivity index (χ3n) is 0.827. The first-order chi connectivity index (χ1) is 2.50. The summed E-state index contributed by atoms with van der Waals surface area (Å²) >= 11 is 2.07. The number of halogens is 1. The van der Waals surface area contributed by atoms with E-state index < -0.39 is 0 Å². The molecular weight excluding hydrogens is 207 g/mol. The van der Waals surface area contributed by atoms with Crippen LogP contribution in [0.2, 0.25) is 0 Å². The Morgan fingerprint density at radius 1 is 1.00 bits per heavy atom. The van der Waals surface area contributed by atoms with E-state index in [0.717, 1.165) is 0 Å². The fourth-order valence-corrected chi connectivity index (χ4v) is 1.53. The fraction of sp³-hybridized carbons (Fsp3) is 1.00. The van der Waals surface area contributed by atoms with E-state index in [1.807, 2.05) is 0 Å². The molecule has 2 heteroatoms. The molecule has 1 aliphatic heterocycles. The molecule has 0 aromatic carbocycles. The van der Waals surface area contributed by atoms with Gasteiger partial charge in [-0.15, -0.1) is 24.0 Å². The van der Waals surface area contributed by atoms with Crippen LogP contribution in [0.3, 0.4) is 0 Å². The van der Waals surface area contributed by atoms with Crippen molar-refractivity contribution in [2.45, 2.75) is 12.8 Å². The molecule has 1 fully saturated rings. The normalized spacial score (nSPS) is 20.0. The Balaban J connectivity index is 0.000000250. The summed E-state index contributed by atoms with van der Waals surface area (Å²) < 4.78 is 0. The van der Waals surface area contributed by atoms with Crippen molar-refractivity contribution in [2.24, 2.45) is 0 Å². The van der Waals surface area contributed by atoms with Gasteiger partial charge in [0, 0.05) is 0 Å². The van der Waals surface area contributed by atoms with Gasteiger partial charge in [-0.05, 0) is 24.3 Å². The average molecular weight is 216 g/mol. The third-order valence-corrected chi connectivity index (χ3v) is 1.98. The number of hydrogen-bond acceptors (Lipinski definition) is 1. The first-order valence-corrected chi connectivity index (χ1v) is 3.23. The topological polar surface area (TPSA) is 0 Å². The quantitative estimate of drug-likeness (QED) is 0.559. The first kappa shape index (κ1) is 7.08. The van der Waals surface area contributed by atoms with E-state index in [1.54, 1.807) is 0 Å². The molecule has 1 aliphatic rings. The van der Waals surface area contributed by atoms with E-state index in [2.05, 4.69) is 11.8 Å². The summed E-state index contributed by atoms with van der Waals surface area (Å²) in [6.07, 6.45) is 2.93. The van der Waals surface area contributed by atoms with Crippen molar-refractivity contribution < 1.29 is 0 Å². The largest absolute Gasteiger partial charge is 0.162 e. The number of hydrogen-bond donors (Lipinski definition) is 0. The average Bonchev–Trinajstić information content (AvgIpc) is 1.76. The summed E-state index contributed by atoms with van der Waals surface area (Å²) in [4.78, 5) is 0. The van der Waals surface area contributed by atoms with Crippen molar-refractivity contribution in [3.63, 3.8) is 0 Å². The molecule has 0 atom stereocenters. The lowest BCUT2D eigenvalue weighted by Gasteiger charge is -1.69. The molecule has 38 valence electrons. The highest BCUT2D eigenvalue weighted by Crippen LogP contribution is 2.14. The van der Waals surface area contributed by atoms with Crippen LogP contribution in [0.15, 0.2) is 0 Å². The molecule has 0 amide bonds. The highest BCUT2D eigenvalue weighted by molar-refractivity contribution is 14.0. The molecule has 1 saturated heterocycles. The molecule has 0 bridgehead atoms. The van der Waals surface area contributed by atoms with Crippen LogP contribution in [0.1, 0.15) is 12.8 Å². The monoisotopic (exact) mass is 216 g/mol. The Labute approximate surface area is 60.1 Å². The van der Waals surface area contributed by atoms with E-state index >= 15 is 0 Å². The van der Waals surface area contributed by atoms with E-state index in [1.165, 1.54) is 24.3 Å². The van der Waals surface area contributed by atoms with E-state index in [-0.39, 0.29) is 24.0 Å². The highest BCUT2D eigenvalue weighted by Gasteiger charge is 1.95. The minimum atomic E-state index is 0. The third kappa shape index (κ3) is 2.29. The maximum absolute atomic E-state index is 2.07. The molecule has 0 saturated carbocycles. The molecule has 0 N–H and O–H groups in total. The van der Waals surface area contributed by atoms with Crippen LogP contribution in [-0.2, 0) is 0 Å². The van der Waals surface area contributed by atoms with E-state index in [9.17, 15) is 0 Å². The molecule has 6 heavy (non-hydrogen) atoms. The van der Waals surface area contributed by atoms with E-state index in [4.69, 9.17) is 0 Å². The van der Waals surface area contributed by atoms with Gasteiger partial charge in [-0.2, -0.15) is 11.8 Å². The SMILES string of the molecule is C1CCSC1.I. The van der Waals surface area contributed by atoms with Gasteiger partial charge in [0.2, 0.25) is 0 Å². The Bertz CT molecular complexity index is 19.1. The zero-order valence-electron chi connectivity index (χ0n) is 3.64. The van der Waals surface area contributed by atoms with Gasteiger partial charge in [0.25, 0.3) is 0 Å². The van der Waals surface area contributed by atoms with Gasteiger partial charge in [0.15, 0.2) is 0 Å². The van der Waals surface area contributed by atoms with Crippen LogP contribution in [0.4, 0.5) is 0 Å². The molecular formula is C4H9IS. The van der Waals surface area contributed by atoms with E-state index in [0.29, 0.717) is 0 Å². The predicted molar refractivity (Wildman–Crippen MR) is 42.0 cm³/mol. The second-order valence-corrected chi connectivity index (χ2v) is 2.54. The minimum Gasteiger partial charge on any atom is -0.162 e. The van der Waals surface area contributed by atoms with Crippen molar-refractivity contribution in [3.8, 4) is 0 Å². The molecule has 0 aliphatic carbocycles. The molecule has 1 heterocycles. The summed E-state index contributed by atoms with van der Waals surface area (Å²) in [6.45, 7) is 0. The summed E-state index contributed by atoms with van der Waals surface area (Å²) in [6, 6.07) is 0. The van der Waals surface area contributed by atoms with Gasteiger partial charge >= 0.3 is 0 Å². The first-order valence-electron chi connectivity index (χ1n) is 2.08. The molecule has 0 radical (unpaired) electrons. The van der Waals surface area contributed by atoms with Crippen LogP contribution in [-0.4, -0.2) is 11.5 Å². The highest BCUT2D eigenvalue weighted by atomic mass is 127. The molecule has 0 aromatic heterocycles. The van der Waals surface area contributed by atoms with Crippen LogP contribution < -0.4 is 0 Å². The Morgan fingerprint density at radius 2 is 1.50 bits per heavy atom. The van der Waals surface area contributed by atoms with Gasteiger partial charge in [-0.1, -0.05) is 0 Å². The van der Waals surface area contributed by atoms with Gasteiger partial charge in [-0.25, -0.2) is 0 Å². The summed E-state index contributed by atoms with van der Waals surface area (Å²) in [5, 5.41) is 0. The van der Waals surface area contributed by atoms with Crippen LogP contribution in [0.25, 0.3) is 0 Å². The number of rotatable bonds is 0. The fourth-order valence-electron chi connectivity index (χ4n) is 0.510. The maximum atomic E-state index is 2.07. The molecule has 0 spiro atoms. The summed E-state index contributed by atoms with van der Waals surface area (Å²) in [5.74, 6) is 2.83. The summed E-state index contributed by atoms with van der Waals surface area (Å²) in [5.41, 5.74) is 0. The second-order valence-electron chi connectivity index (χ2n) is 1.32. The van der Waals surface area contributed by atoms with Crippen LogP contribution >= 0.6 is 35.7 Å². The lowest BCUT2D eigenvalue weighted by Crippen LogP contribution is -1.58. The summed E-state index contributed by atoms with van der Waals surface area (Å²) in [7, 11) is 0. The Kier molecular flexibility index (Phi) is 5.01. The minimum absolute atomic E-state index is 0. The van der Waals surface area contributed by atoms with Crippen molar-refractivity contribution in [3.05, 3.63) is 0 Å². The molecule has 0 unspecified atom stereocenters. The van der Waals surface area contributed by atoms with Crippen molar-refractivity contribution in [1.82, 2.24) is 0 Å². The standard InChI is InChI=1S/C4H8S.HI/c1-2-4-5-3-1;/h1-4H2;1H. The Hall–Kier alpha value is 1.08. The lowest BCUT2D eigenvalue weighted by atomic mass is 10.4. The zero-order valence-corrected chi connectivity index (χ0v) is 6.79. The van der Waals surface area contributed by atoms with Gasteiger partial charge in [0.05, 0.1) is 0 Å². The van der Waals surface area contributed by atoms with Crippen molar-refractivity contribution in [2.75, 3.05) is 11.5 Å². The Morgan fingerprint density at radius 3 is 1.67 bits per heavy atom. The van der Waals surface area contributed by atoms with Crippen LogP contribution in [0, 0.1) is 0 Å². The molecule has 0 nitrogen and oxygen atoms in total. The van der Waals surface area contributed by atoms with Crippen molar-refractivity contribution in [1.29, 1.82) is 0 Å². The number of thioether (sulfide) groups is 1. The van der Waals surface area contributed by atoms with Gasteiger partial charge < -0.3 is 0 Å². The second kappa shape index (κ2) is 4.24. The van der Waals surface area contributed by atoms with Gasteiger partial charge in [0.1, 0.15) is 0 Å². The maximum Gasteiger partial charge on any atom is -0.00672 e. The van der Waals surface area contributed by atoms with Crippen molar-refractivity contribution >= 4 is 35.7 Å². The lowest BCUT2D eigenvalue weighted by molar-refractivity contribution is 0.949. The zero-order chi connectivity index (χ0) is 3.54. The molecule has 1 rings (SSSR count). The smallest absolute Gasteiger partial charge is 0.00672 e. The molecule has 0 aromatic rings. The predicted octanol–water partition coefficient (Wildman–Crippen LogP) is 2.13. The van der Waals surface area contributed by atoms with Crippen LogP contribution in [0.5, 0.6) is 0 Å². The van der Waals surface area contributed by atoms with Gasteiger partial charge in [-0.3, -0.25) is 0 Å².